The van der Waals surface area contributed by atoms with Crippen LogP contribution in [0.15, 0.2) is 54.7 Å². The molecule has 27 heavy (non-hydrogen) atoms. The molecule has 4 aromatic rings. The topological polar surface area (TPSA) is 98.1 Å². The number of hydrogen-bond donors (Lipinski definition) is 1. The lowest BCUT2D eigenvalue weighted by Crippen LogP contribution is -2.09. The van der Waals surface area contributed by atoms with E-state index in [-0.39, 0.29) is 18.0 Å². The van der Waals surface area contributed by atoms with Gasteiger partial charge >= 0.3 is 5.97 Å². The van der Waals surface area contributed by atoms with Gasteiger partial charge in [-0.05, 0) is 18.6 Å². The number of carbonyl (C=O) groups excluding carboxylic acids is 1. The van der Waals surface area contributed by atoms with Crippen molar-refractivity contribution in [2.75, 3.05) is 6.61 Å². The number of nitrogens with zero attached hydrogens (tertiary/aromatic N) is 2. The van der Waals surface area contributed by atoms with Crippen LogP contribution in [-0.2, 0) is 4.74 Å². The molecule has 1 N–H and O–H groups in total. The molecule has 0 saturated carbocycles. The molecule has 2 heterocycles. The highest BCUT2D eigenvalue weighted by atomic mass is 16.6. The average molecular weight is 361 g/mol. The monoisotopic (exact) mass is 361 g/mol. The van der Waals surface area contributed by atoms with Gasteiger partial charge in [-0.25, -0.2) is 9.78 Å². The van der Waals surface area contributed by atoms with E-state index in [0.29, 0.717) is 21.9 Å². The summed E-state index contributed by atoms with van der Waals surface area (Å²) in [6.45, 7) is 1.96. The van der Waals surface area contributed by atoms with Gasteiger partial charge in [0.15, 0.2) is 5.69 Å². The molecule has 0 saturated heterocycles. The second-order valence-electron chi connectivity index (χ2n) is 5.97. The number of esters is 1. The predicted molar refractivity (Wildman–Crippen MR) is 102 cm³/mol. The highest BCUT2D eigenvalue weighted by molar-refractivity contribution is 6.17. The van der Waals surface area contributed by atoms with Crippen LogP contribution >= 0.6 is 0 Å². The Labute approximate surface area is 153 Å². The Morgan fingerprint density at radius 2 is 1.96 bits per heavy atom. The number of pyridine rings is 1. The van der Waals surface area contributed by atoms with Gasteiger partial charge in [0.2, 0.25) is 0 Å². The molecule has 0 spiro atoms. The second-order valence-corrected chi connectivity index (χ2v) is 5.97. The number of carbonyl (C=O) groups is 1. The maximum Gasteiger partial charge on any atom is 0.357 e. The third-order valence-corrected chi connectivity index (χ3v) is 4.36. The third kappa shape index (κ3) is 2.79. The molecule has 0 unspecified atom stereocenters. The van der Waals surface area contributed by atoms with Crippen LogP contribution in [0.2, 0.25) is 0 Å². The number of H-pyrrole nitrogens is 1. The Kier molecular flexibility index (Phi) is 4.04. The van der Waals surface area contributed by atoms with Gasteiger partial charge in [-0.2, -0.15) is 0 Å². The fraction of sp³-hybridized carbons (Fsp3) is 0.100. The number of nitro groups is 1. The van der Waals surface area contributed by atoms with Crippen molar-refractivity contribution in [3.8, 4) is 11.1 Å². The molecule has 134 valence electrons. The fourth-order valence-corrected chi connectivity index (χ4v) is 3.23. The minimum atomic E-state index is -0.530. The lowest BCUT2D eigenvalue weighted by atomic mass is 9.98. The largest absolute Gasteiger partial charge is 0.461 e. The first-order valence-electron chi connectivity index (χ1n) is 8.41. The number of rotatable bonds is 4. The van der Waals surface area contributed by atoms with E-state index < -0.39 is 10.9 Å². The van der Waals surface area contributed by atoms with Crippen LogP contribution in [0.5, 0.6) is 0 Å². The highest BCUT2D eigenvalue weighted by Crippen LogP contribution is 2.37. The molecule has 2 aromatic heterocycles. The molecule has 0 radical (unpaired) electrons. The standard InChI is InChI=1S/C20H15N3O4/c1-2-27-20(24)19-17(12-6-4-3-5-7-12)18-14-10-13(23(25)26)8-9-15(14)22-16(18)11-21-19/h3-11,22H,2H2,1H3. The second kappa shape index (κ2) is 6.53. The van der Waals surface area contributed by atoms with E-state index in [4.69, 9.17) is 4.74 Å². The summed E-state index contributed by atoms with van der Waals surface area (Å²) in [6, 6.07) is 14.0. The number of non-ortho nitro benzene ring substituents is 1. The van der Waals surface area contributed by atoms with Gasteiger partial charge in [0, 0.05) is 34.0 Å². The number of ether oxygens (including phenoxy) is 1. The number of nitrogens with one attached hydrogen (secondary N) is 1. The van der Waals surface area contributed by atoms with Gasteiger partial charge in [0.1, 0.15) is 0 Å². The number of hydrogen-bond acceptors (Lipinski definition) is 5. The van der Waals surface area contributed by atoms with Crippen LogP contribution in [0, 0.1) is 10.1 Å². The van der Waals surface area contributed by atoms with Gasteiger partial charge < -0.3 is 9.72 Å². The number of aromatic nitrogens is 2. The first-order valence-corrected chi connectivity index (χ1v) is 8.41. The molecular weight excluding hydrogens is 346 g/mol. The third-order valence-electron chi connectivity index (χ3n) is 4.36. The molecule has 0 aliphatic carbocycles. The van der Waals surface area contributed by atoms with E-state index in [1.54, 1.807) is 19.2 Å². The Bertz CT molecular complexity index is 1180. The molecule has 2 aromatic carbocycles. The van der Waals surface area contributed by atoms with Crippen molar-refractivity contribution in [1.29, 1.82) is 0 Å². The fourth-order valence-electron chi connectivity index (χ4n) is 3.23. The number of benzene rings is 2. The lowest BCUT2D eigenvalue weighted by Gasteiger charge is -2.10. The van der Waals surface area contributed by atoms with E-state index >= 15 is 0 Å². The molecule has 0 aliphatic heterocycles. The van der Waals surface area contributed by atoms with Crippen molar-refractivity contribution >= 4 is 33.5 Å². The van der Waals surface area contributed by atoms with E-state index in [0.717, 1.165) is 11.1 Å². The van der Waals surface area contributed by atoms with Crippen molar-refractivity contribution in [3.05, 3.63) is 70.5 Å². The summed E-state index contributed by atoms with van der Waals surface area (Å²) < 4.78 is 5.17. The molecule has 0 amide bonds. The van der Waals surface area contributed by atoms with Crippen molar-refractivity contribution in [1.82, 2.24) is 9.97 Å². The lowest BCUT2D eigenvalue weighted by molar-refractivity contribution is -0.384. The summed E-state index contributed by atoms with van der Waals surface area (Å²) in [5, 5.41) is 12.6. The van der Waals surface area contributed by atoms with E-state index in [9.17, 15) is 14.9 Å². The SMILES string of the molecule is CCOC(=O)c1ncc2[nH]c3ccc([N+](=O)[O-])cc3c2c1-c1ccccc1. The Morgan fingerprint density at radius 1 is 1.19 bits per heavy atom. The predicted octanol–water partition coefficient (Wildman–Crippen LogP) is 4.47. The summed E-state index contributed by atoms with van der Waals surface area (Å²) in [4.78, 5) is 30.8. The first kappa shape index (κ1) is 16.7. The minimum absolute atomic E-state index is 0.0168. The quantitative estimate of drug-likeness (QED) is 0.328. The molecular formula is C20H15N3O4. The Morgan fingerprint density at radius 3 is 2.67 bits per heavy atom. The van der Waals surface area contributed by atoms with Crippen LogP contribution in [0.25, 0.3) is 32.9 Å². The molecule has 7 heteroatoms. The van der Waals surface area contributed by atoms with Crippen molar-refractivity contribution < 1.29 is 14.5 Å². The Hall–Kier alpha value is -3.74. The summed E-state index contributed by atoms with van der Waals surface area (Å²) in [5.41, 5.74) is 2.97. The molecule has 0 bridgehead atoms. The smallest absolute Gasteiger partial charge is 0.357 e. The van der Waals surface area contributed by atoms with Gasteiger partial charge in [-0.3, -0.25) is 10.1 Å². The minimum Gasteiger partial charge on any atom is -0.461 e. The van der Waals surface area contributed by atoms with E-state index in [1.165, 1.54) is 12.1 Å². The summed E-state index contributed by atoms with van der Waals surface area (Å²) in [7, 11) is 0. The van der Waals surface area contributed by atoms with Gasteiger partial charge in [-0.1, -0.05) is 30.3 Å². The van der Waals surface area contributed by atoms with Crippen molar-refractivity contribution in [2.45, 2.75) is 6.92 Å². The molecule has 7 nitrogen and oxygen atoms in total. The highest BCUT2D eigenvalue weighted by Gasteiger charge is 2.22. The molecule has 0 aliphatic rings. The maximum absolute atomic E-state index is 12.5. The molecule has 4 rings (SSSR count). The average Bonchev–Trinajstić information content (AvgIpc) is 3.06. The maximum atomic E-state index is 12.5. The van der Waals surface area contributed by atoms with Gasteiger partial charge in [-0.15, -0.1) is 0 Å². The van der Waals surface area contributed by atoms with Crippen LogP contribution in [-0.4, -0.2) is 27.5 Å². The van der Waals surface area contributed by atoms with E-state index in [1.807, 2.05) is 30.3 Å². The number of nitro benzene ring substituents is 1. The van der Waals surface area contributed by atoms with Crippen LogP contribution in [0.1, 0.15) is 17.4 Å². The molecule has 0 fully saturated rings. The van der Waals surface area contributed by atoms with Crippen LogP contribution < -0.4 is 0 Å². The van der Waals surface area contributed by atoms with Crippen LogP contribution in [0.3, 0.4) is 0 Å². The zero-order chi connectivity index (χ0) is 19.0. The summed E-state index contributed by atoms with van der Waals surface area (Å²) in [5.74, 6) is -0.530. The summed E-state index contributed by atoms with van der Waals surface area (Å²) in [6.07, 6.45) is 1.56. The summed E-state index contributed by atoms with van der Waals surface area (Å²) >= 11 is 0. The Balaban J connectivity index is 2.13. The normalized spacial score (nSPS) is 11.0. The van der Waals surface area contributed by atoms with Crippen LogP contribution in [0.4, 0.5) is 5.69 Å². The zero-order valence-electron chi connectivity index (χ0n) is 14.4. The van der Waals surface area contributed by atoms with Gasteiger partial charge in [0.25, 0.3) is 5.69 Å². The van der Waals surface area contributed by atoms with Crippen molar-refractivity contribution in [2.24, 2.45) is 0 Å². The number of fused-ring (bicyclic) bond motifs is 3. The number of aromatic amines is 1. The van der Waals surface area contributed by atoms with Gasteiger partial charge in [0.05, 0.1) is 23.2 Å². The molecule has 0 atom stereocenters. The first-order chi connectivity index (χ1) is 13.1. The zero-order valence-corrected chi connectivity index (χ0v) is 14.4. The van der Waals surface area contributed by atoms with Crippen molar-refractivity contribution in [3.63, 3.8) is 0 Å². The van der Waals surface area contributed by atoms with E-state index in [2.05, 4.69) is 9.97 Å².